The summed E-state index contributed by atoms with van der Waals surface area (Å²) < 4.78 is 13.6. The molecule has 0 amide bonds. The Morgan fingerprint density at radius 2 is 2.12 bits per heavy atom. The fraction of sp³-hybridized carbons (Fsp3) is 0. The van der Waals surface area contributed by atoms with Crippen LogP contribution in [0, 0.1) is 5.82 Å². The van der Waals surface area contributed by atoms with E-state index in [9.17, 15) is 9.18 Å². The molecule has 0 bridgehead atoms. The Labute approximate surface area is 105 Å². The molecule has 88 valence electrons. The van der Waals surface area contributed by atoms with Crippen LogP contribution in [-0.2, 0) is 0 Å². The van der Waals surface area contributed by atoms with Gasteiger partial charge in [-0.25, -0.2) is 9.18 Å². The van der Waals surface area contributed by atoms with E-state index in [1.165, 1.54) is 24.3 Å². The second-order valence-electron chi connectivity index (χ2n) is 3.32. The molecule has 0 aliphatic carbocycles. The lowest BCUT2D eigenvalue weighted by Crippen LogP contribution is -1.97. The highest BCUT2D eigenvalue weighted by atomic mass is 35.5. The van der Waals surface area contributed by atoms with Gasteiger partial charge in [0.25, 0.3) is 0 Å². The van der Waals surface area contributed by atoms with Gasteiger partial charge in [0.05, 0.1) is 5.56 Å². The number of hydrogen-bond donors (Lipinski definition) is 2. The first kappa shape index (κ1) is 11.9. The second kappa shape index (κ2) is 4.35. The molecule has 0 fully saturated rings. The van der Waals surface area contributed by atoms with Gasteiger partial charge in [-0.1, -0.05) is 11.6 Å². The molecule has 0 saturated carbocycles. The van der Waals surface area contributed by atoms with Crippen LogP contribution in [0.25, 0.3) is 10.4 Å². The Kier molecular flexibility index (Phi) is 3.04. The summed E-state index contributed by atoms with van der Waals surface area (Å²) >= 11 is 6.78. The van der Waals surface area contributed by atoms with E-state index in [1.807, 2.05) is 0 Å². The molecule has 0 radical (unpaired) electrons. The van der Waals surface area contributed by atoms with E-state index in [2.05, 4.69) is 0 Å². The van der Waals surface area contributed by atoms with Crippen molar-refractivity contribution in [1.29, 1.82) is 0 Å². The molecule has 1 aromatic carbocycles. The third kappa shape index (κ3) is 2.25. The van der Waals surface area contributed by atoms with Crippen molar-refractivity contribution in [2.75, 3.05) is 5.73 Å². The van der Waals surface area contributed by atoms with Gasteiger partial charge < -0.3 is 10.8 Å². The van der Waals surface area contributed by atoms with E-state index >= 15 is 0 Å². The molecule has 0 aliphatic rings. The van der Waals surface area contributed by atoms with Crippen molar-refractivity contribution in [2.45, 2.75) is 0 Å². The molecule has 3 nitrogen and oxygen atoms in total. The first-order valence-electron chi connectivity index (χ1n) is 4.57. The van der Waals surface area contributed by atoms with Crippen LogP contribution in [0.2, 0.25) is 5.02 Å². The first-order valence-corrected chi connectivity index (χ1v) is 5.76. The number of halogens is 2. The number of nitrogens with two attached hydrogens (primary N) is 1. The van der Waals surface area contributed by atoms with Crippen LogP contribution >= 0.6 is 22.9 Å². The number of aromatic carboxylic acids is 1. The minimum atomic E-state index is -1.13. The number of benzene rings is 1. The van der Waals surface area contributed by atoms with Gasteiger partial charge in [0.2, 0.25) is 0 Å². The number of thiophene rings is 1. The van der Waals surface area contributed by atoms with Gasteiger partial charge in [-0.05, 0) is 24.3 Å². The van der Waals surface area contributed by atoms with Gasteiger partial charge >= 0.3 is 5.97 Å². The number of carboxylic acid groups (broad SMARTS) is 1. The molecule has 1 aromatic heterocycles. The molecule has 0 atom stereocenters. The molecular formula is C11H7ClFNO2S. The molecule has 17 heavy (non-hydrogen) atoms. The molecule has 3 N–H and O–H groups in total. The maximum atomic E-state index is 13.6. The van der Waals surface area contributed by atoms with Crippen molar-refractivity contribution < 1.29 is 14.3 Å². The SMILES string of the molecule is Nc1sc(-c2cc(Cl)ccc2F)cc1C(=O)O. The van der Waals surface area contributed by atoms with E-state index < -0.39 is 11.8 Å². The third-order valence-electron chi connectivity index (χ3n) is 2.19. The van der Waals surface area contributed by atoms with Crippen LogP contribution in [-0.4, -0.2) is 11.1 Å². The van der Waals surface area contributed by atoms with Crippen molar-refractivity contribution in [2.24, 2.45) is 0 Å². The van der Waals surface area contributed by atoms with Gasteiger partial charge in [-0.15, -0.1) is 11.3 Å². The maximum absolute atomic E-state index is 13.6. The summed E-state index contributed by atoms with van der Waals surface area (Å²) in [5.74, 6) is -1.60. The van der Waals surface area contributed by atoms with Gasteiger partial charge in [0, 0.05) is 15.5 Å². The van der Waals surface area contributed by atoms with Crippen molar-refractivity contribution >= 4 is 33.9 Å². The highest BCUT2D eigenvalue weighted by molar-refractivity contribution is 7.19. The summed E-state index contributed by atoms with van der Waals surface area (Å²) in [6.45, 7) is 0. The van der Waals surface area contributed by atoms with Crippen LogP contribution in [0.3, 0.4) is 0 Å². The quantitative estimate of drug-likeness (QED) is 0.879. The van der Waals surface area contributed by atoms with Gasteiger partial charge in [0.1, 0.15) is 10.8 Å². The highest BCUT2D eigenvalue weighted by Crippen LogP contribution is 2.35. The number of nitrogen functional groups attached to an aromatic ring is 1. The molecule has 6 heteroatoms. The zero-order valence-corrected chi connectivity index (χ0v) is 9.98. The van der Waals surface area contributed by atoms with Crippen LogP contribution in [0.1, 0.15) is 10.4 Å². The van der Waals surface area contributed by atoms with Crippen molar-refractivity contribution in [3.05, 3.63) is 40.7 Å². The van der Waals surface area contributed by atoms with Gasteiger partial charge in [0.15, 0.2) is 0 Å². The first-order chi connectivity index (χ1) is 7.99. The molecule has 0 unspecified atom stereocenters. The Hall–Kier alpha value is -1.59. The average molecular weight is 272 g/mol. The largest absolute Gasteiger partial charge is 0.478 e. The molecule has 2 aromatic rings. The lowest BCUT2D eigenvalue weighted by Gasteiger charge is -1.99. The van der Waals surface area contributed by atoms with E-state index in [-0.39, 0.29) is 16.1 Å². The molecule has 2 rings (SSSR count). The average Bonchev–Trinajstić information content (AvgIpc) is 2.64. The minimum absolute atomic E-state index is 0.0237. The van der Waals surface area contributed by atoms with Crippen molar-refractivity contribution in [3.8, 4) is 10.4 Å². The highest BCUT2D eigenvalue weighted by Gasteiger charge is 2.16. The summed E-state index contributed by atoms with van der Waals surface area (Å²) in [5, 5.41) is 9.38. The predicted molar refractivity (Wildman–Crippen MR) is 66.1 cm³/mol. The Morgan fingerprint density at radius 1 is 1.41 bits per heavy atom. The summed E-state index contributed by atoms with van der Waals surface area (Å²) in [7, 11) is 0. The summed E-state index contributed by atoms with van der Waals surface area (Å²) in [5.41, 5.74) is 5.78. The number of rotatable bonds is 2. The number of carboxylic acids is 1. The van der Waals surface area contributed by atoms with E-state index in [0.29, 0.717) is 9.90 Å². The molecule has 0 spiro atoms. The Morgan fingerprint density at radius 3 is 2.71 bits per heavy atom. The topological polar surface area (TPSA) is 63.3 Å². The van der Waals surface area contributed by atoms with Crippen LogP contribution < -0.4 is 5.73 Å². The lowest BCUT2D eigenvalue weighted by molar-refractivity contribution is 0.0698. The normalized spacial score (nSPS) is 10.5. The number of hydrogen-bond acceptors (Lipinski definition) is 3. The summed E-state index contributed by atoms with van der Waals surface area (Å²) in [6.07, 6.45) is 0. The predicted octanol–water partition coefficient (Wildman–Crippen LogP) is 3.49. The fourth-order valence-electron chi connectivity index (χ4n) is 1.39. The van der Waals surface area contributed by atoms with E-state index in [4.69, 9.17) is 22.4 Å². The van der Waals surface area contributed by atoms with Gasteiger partial charge in [-0.2, -0.15) is 0 Å². The number of anilines is 1. The lowest BCUT2D eigenvalue weighted by atomic mass is 10.1. The summed E-state index contributed by atoms with van der Waals surface area (Å²) in [4.78, 5) is 11.3. The number of carbonyl (C=O) groups is 1. The Balaban J connectivity index is 2.57. The zero-order chi connectivity index (χ0) is 12.6. The van der Waals surface area contributed by atoms with E-state index in [1.54, 1.807) is 0 Å². The minimum Gasteiger partial charge on any atom is -0.478 e. The van der Waals surface area contributed by atoms with E-state index in [0.717, 1.165) is 11.3 Å². The van der Waals surface area contributed by atoms with Gasteiger partial charge in [-0.3, -0.25) is 0 Å². The van der Waals surface area contributed by atoms with Crippen LogP contribution in [0.4, 0.5) is 9.39 Å². The summed E-state index contributed by atoms with van der Waals surface area (Å²) in [6, 6.07) is 5.44. The third-order valence-corrected chi connectivity index (χ3v) is 3.42. The Bertz CT molecular complexity index is 597. The second-order valence-corrected chi connectivity index (χ2v) is 4.84. The smallest absolute Gasteiger partial charge is 0.338 e. The van der Waals surface area contributed by atoms with Crippen LogP contribution in [0.5, 0.6) is 0 Å². The molecule has 0 aliphatic heterocycles. The zero-order valence-electron chi connectivity index (χ0n) is 8.41. The monoisotopic (exact) mass is 271 g/mol. The fourth-order valence-corrected chi connectivity index (χ4v) is 2.50. The maximum Gasteiger partial charge on any atom is 0.338 e. The standard InChI is InChI=1S/C11H7ClFNO2S/c12-5-1-2-8(13)6(3-5)9-4-7(11(15)16)10(14)17-9/h1-4H,14H2,(H,15,16). The van der Waals surface area contributed by atoms with Crippen molar-refractivity contribution in [1.82, 2.24) is 0 Å². The molecular weight excluding hydrogens is 265 g/mol. The van der Waals surface area contributed by atoms with Crippen LogP contribution in [0.15, 0.2) is 24.3 Å². The van der Waals surface area contributed by atoms with Crippen molar-refractivity contribution in [3.63, 3.8) is 0 Å². The molecule has 0 saturated heterocycles. The molecule has 1 heterocycles.